The van der Waals surface area contributed by atoms with Crippen molar-refractivity contribution in [2.75, 3.05) is 14.2 Å². The van der Waals surface area contributed by atoms with Crippen molar-refractivity contribution in [1.82, 2.24) is 0 Å². The summed E-state index contributed by atoms with van der Waals surface area (Å²) in [5, 5.41) is 0. The number of hydrogen-bond acceptors (Lipinski definition) is 3. The molecule has 0 N–H and O–H groups in total. The largest absolute Gasteiger partial charge is 0.496 e. The summed E-state index contributed by atoms with van der Waals surface area (Å²) in [6.07, 6.45) is 0.209. The van der Waals surface area contributed by atoms with Gasteiger partial charge in [0.25, 0.3) is 0 Å². The molecule has 1 aromatic rings. The highest BCUT2D eigenvalue weighted by Crippen LogP contribution is 2.27. The van der Waals surface area contributed by atoms with E-state index in [1.54, 1.807) is 7.11 Å². The molecule has 0 radical (unpaired) electrons. The van der Waals surface area contributed by atoms with Crippen LogP contribution in [0.2, 0.25) is 0 Å². The normalized spacial score (nSPS) is 9.64. The molecule has 3 nitrogen and oxygen atoms in total. The Hall–Kier alpha value is -1.03. The van der Waals surface area contributed by atoms with E-state index in [-0.39, 0.29) is 12.4 Å². The van der Waals surface area contributed by atoms with E-state index in [0.29, 0.717) is 5.75 Å². The third-order valence-electron chi connectivity index (χ3n) is 1.84. The summed E-state index contributed by atoms with van der Waals surface area (Å²) in [7, 11) is 2.94. The first kappa shape index (κ1) is 11.0. The van der Waals surface area contributed by atoms with Gasteiger partial charge in [0, 0.05) is 10.0 Å². The fourth-order valence-electron chi connectivity index (χ4n) is 1.12. The molecule has 0 spiro atoms. The number of benzene rings is 1. The molecular formula is C10H11BrO3. The van der Waals surface area contributed by atoms with Crippen LogP contribution in [0, 0.1) is 0 Å². The first-order valence-corrected chi connectivity index (χ1v) is 4.86. The van der Waals surface area contributed by atoms with Gasteiger partial charge < -0.3 is 9.47 Å². The molecule has 0 amide bonds. The van der Waals surface area contributed by atoms with E-state index in [1.165, 1.54) is 7.11 Å². The van der Waals surface area contributed by atoms with Crippen molar-refractivity contribution in [2.45, 2.75) is 6.42 Å². The molecule has 0 fully saturated rings. The molecule has 1 aromatic carbocycles. The molecule has 76 valence electrons. The van der Waals surface area contributed by atoms with Gasteiger partial charge in [-0.3, -0.25) is 4.79 Å². The van der Waals surface area contributed by atoms with Crippen molar-refractivity contribution >= 4 is 21.9 Å². The highest BCUT2D eigenvalue weighted by molar-refractivity contribution is 9.10. The molecule has 4 heteroatoms. The molecular weight excluding hydrogens is 248 g/mol. The molecule has 0 unspecified atom stereocenters. The maximum atomic E-state index is 11.1. The third kappa shape index (κ3) is 2.48. The van der Waals surface area contributed by atoms with Crippen LogP contribution < -0.4 is 4.74 Å². The number of halogens is 1. The van der Waals surface area contributed by atoms with Crippen LogP contribution in [0.1, 0.15) is 5.56 Å². The summed E-state index contributed by atoms with van der Waals surface area (Å²) in [6.45, 7) is 0. The first-order valence-electron chi connectivity index (χ1n) is 4.07. The second kappa shape index (κ2) is 5.00. The maximum Gasteiger partial charge on any atom is 0.310 e. The number of methoxy groups -OCH3 is 2. The molecule has 0 aliphatic carbocycles. The summed E-state index contributed by atoms with van der Waals surface area (Å²) in [6, 6.07) is 5.52. The number of ether oxygens (including phenoxy) is 2. The minimum absolute atomic E-state index is 0.209. The van der Waals surface area contributed by atoms with Crippen molar-refractivity contribution in [3.05, 3.63) is 28.2 Å². The number of carbonyl (C=O) groups excluding carboxylic acids is 1. The van der Waals surface area contributed by atoms with Crippen molar-refractivity contribution in [3.8, 4) is 5.75 Å². The lowest BCUT2D eigenvalue weighted by Crippen LogP contribution is -2.06. The van der Waals surface area contributed by atoms with Gasteiger partial charge in [0.1, 0.15) is 5.75 Å². The Morgan fingerprint density at radius 1 is 1.43 bits per heavy atom. The molecule has 14 heavy (non-hydrogen) atoms. The molecule has 0 saturated carbocycles. The van der Waals surface area contributed by atoms with E-state index < -0.39 is 0 Å². The SMILES string of the molecule is COC(=O)Cc1c(Br)cccc1OC. The predicted molar refractivity (Wildman–Crippen MR) is 56.4 cm³/mol. The van der Waals surface area contributed by atoms with Crippen LogP contribution in [-0.2, 0) is 16.0 Å². The van der Waals surface area contributed by atoms with Crippen LogP contribution in [-0.4, -0.2) is 20.2 Å². The number of rotatable bonds is 3. The van der Waals surface area contributed by atoms with Crippen molar-refractivity contribution in [3.63, 3.8) is 0 Å². The van der Waals surface area contributed by atoms with E-state index in [9.17, 15) is 4.79 Å². The van der Waals surface area contributed by atoms with E-state index >= 15 is 0 Å². The monoisotopic (exact) mass is 258 g/mol. The van der Waals surface area contributed by atoms with E-state index in [0.717, 1.165) is 10.0 Å². The van der Waals surface area contributed by atoms with Gasteiger partial charge in [-0.25, -0.2) is 0 Å². The smallest absolute Gasteiger partial charge is 0.310 e. The molecule has 1 rings (SSSR count). The minimum atomic E-state index is -0.282. The Kier molecular flexibility index (Phi) is 3.95. The lowest BCUT2D eigenvalue weighted by atomic mass is 10.1. The molecule has 0 saturated heterocycles. The highest BCUT2D eigenvalue weighted by Gasteiger charge is 2.11. The van der Waals surface area contributed by atoms with Crippen LogP contribution in [0.3, 0.4) is 0 Å². The van der Waals surface area contributed by atoms with Gasteiger partial charge in [-0.15, -0.1) is 0 Å². The Balaban J connectivity index is 2.98. The van der Waals surface area contributed by atoms with Gasteiger partial charge in [0.05, 0.1) is 20.6 Å². The maximum absolute atomic E-state index is 11.1. The van der Waals surface area contributed by atoms with Gasteiger partial charge in [-0.05, 0) is 12.1 Å². The number of esters is 1. The van der Waals surface area contributed by atoms with Crippen molar-refractivity contribution < 1.29 is 14.3 Å². The standard InChI is InChI=1S/C10H11BrO3/c1-13-9-5-3-4-8(11)7(9)6-10(12)14-2/h3-5H,6H2,1-2H3. The van der Waals surface area contributed by atoms with Gasteiger partial charge in [-0.1, -0.05) is 22.0 Å². The van der Waals surface area contributed by atoms with E-state index in [2.05, 4.69) is 20.7 Å². The topological polar surface area (TPSA) is 35.5 Å². The van der Waals surface area contributed by atoms with Crippen LogP contribution in [0.4, 0.5) is 0 Å². The quantitative estimate of drug-likeness (QED) is 0.780. The molecule has 0 heterocycles. The Labute approximate surface area is 91.1 Å². The molecule has 0 atom stereocenters. The average molecular weight is 259 g/mol. The fourth-order valence-corrected chi connectivity index (χ4v) is 1.61. The van der Waals surface area contributed by atoms with Crippen molar-refractivity contribution in [1.29, 1.82) is 0 Å². The Morgan fingerprint density at radius 3 is 2.71 bits per heavy atom. The summed E-state index contributed by atoms with van der Waals surface area (Å²) in [5.41, 5.74) is 0.807. The molecule has 0 aliphatic heterocycles. The van der Waals surface area contributed by atoms with Crippen molar-refractivity contribution in [2.24, 2.45) is 0 Å². The van der Waals surface area contributed by atoms with Crippen LogP contribution in [0.15, 0.2) is 22.7 Å². The lowest BCUT2D eigenvalue weighted by molar-refractivity contribution is -0.139. The second-order valence-corrected chi connectivity index (χ2v) is 3.53. The number of hydrogen-bond donors (Lipinski definition) is 0. The zero-order valence-corrected chi connectivity index (χ0v) is 9.63. The van der Waals surface area contributed by atoms with Crippen LogP contribution in [0.5, 0.6) is 5.75 Å². The zero-order chi connectivity index (χ0) is 10.6. The first-order chi connectivity index (χ1) is 6.69. The van der Waals surface area contributed by atoms with Crippen LogP contribution in [0.25, 0.3) is 0 Å². The summed E-state index contributed by atoms with van der Waals surface area (Å²) in [5.74, 6) is 0.403. The van der Waals surface area contributed by atoms with Gasteiger partial charge in [0.2, 0.25) is 0 Å². The van der Waals surface area contributed by atoms with E-state index in [4.69, 9.17) is 4.74 Å². The fraction of sp³-hybridized carbons (Fsp3) is 0.300. The minimum Gasteiger partial charge on any atom is -0.496 e. The van der Waals surface area contributed by atoms with Gasteiger partial charge in [0.15, 0.2) is 0 Å². The van der Waals surface area contributed by atoms with Crippen LogP contribution >= 0.6 is 15.9 Å². The second-order valence-electron chi connectivity index (χ2n) is 2.67. The predicted octanol–water partition coefficient (Wildman–Crippen LogP) is 2.17. The summed E-state index contributed by atoms with van der Waals surface area (Å²) < 4.78 is 10.6. The highest BCUT2D eigenvalue weighted by atomic mass is 79.9. The lowest BCUT2D eigenvalue weighted by Gasteiger charge is -2.08. The van der Waals surface area contributed by atoms with Gasteiger partial charge in [-0.2, -0.15) is 0 Å². The summed E-state index contributed by atoms with van der Waals surface area (Å²) in [4.78, 5) is 11.1. The Bertz CT molecular complexity index is 336. The zero-order valence-electron chi connectivity index (χ0n) is 8.04. The summed E-state index contributed by atoms with van der Waals surface area (Å²) >= 11 is 3.36. The van der Waals surface area contributed by atoms with E-state index in [1.807, 2.05) is 18.2 Å². The third-order valence-corrected chi connectivity index (χ3v) is 2.59. The van der Waals surface area contributed by atoms with Gasteiger partial charge >= 0.3 is 5.97 Å². The number of carbonyl (C=O) groups is 1. The Morgan fingerprint density at radius 2 is 2.14 bits per heavy atom. The molecule has 0 bridgehead atoms. The molecule has 0 aromatic heterocycles. The molecule has 0 aliphatic rings. The average Bonchev–Trinajstić information content (AvgIpc) is 2.20.